The van der Waals surface area contributed by atoms with Gasteiger partial charge in [-0.2, -0.15) is 13.1 Å². The van der Waals surface area contributed by atoms with Crippen LogP contribution in [0.25, 0.3) is 0 Å². The highest BCUT2D eigenvalue weighted by Crippen LogP contribution is 2.13. The quantitative estimate of drug-likeness (QED) is 0.635. The second kappa shape index (κ2) is 3.51. The molecular formula is C6H15NO3S. The van der Waals surface area contributed by atoms with Crippen LogP contribution >= 0.6 is 0 Å². The highest BCUT2D eigenvalue weighted by Gasteiger charge is 2.24. The third kappa shape index (κ3) is 4.34. The van der Waals surface area contributed by atoms with Crippen LogP contribution in [0.4, 0.5) is 0 Å². The van der Waals surface area contributed by atoms with Crippen LogP contribution in [0.5, 0.6) is 0 Å². The third-order valence-corrected chi connectivity index (χ3v) is 2.69. The predicted molar refractivity (Wildman–Crippen MR) is 43.7 cm³/mol. The van der Waals surface area contributed by atoms with Gasteiger partial charge in [0.15, 0.2) is 0 Å². The van der Waals surface area contributed by atoms with Gasteiger partial charge in [0.2, 0.25) is 0 Å². The average Bonchev–Trinajstić information content (AvgIpc) is 1.84. The van der Waals surface area contributed by atoms with Gasteiger partial charge in [-0.25, -0.2) is 0 Å². The normalized spacial score (nSPS) is 13.5. The monoisotopic (exact) mass is 181 g/mol. The average molecular weight is 181 g/mol. The SMILES string of the molecule is CCC(C)(CC)NS(=O)(=O)O. The van der Waals surface area contributed by atoms with Gasteiger partial charge in [0, 0.05) is 5.54 Å². The van der Waals surface area contributed by atoms with Gasteiger partial charge in [0.25, 0.3) is 0 Å². The molecule has 0 saturated heterocycles. The maximum Gasteiger partial charge on any atom is 0.333 e. The van der Waals surface area contributed by atoms with Crippen molar-refractivity contribution >= 4 is 10.3 Å². The van der Waals surface area contributed by atoms with E-state index in [2.05, 4.69) is 4.72 Å². The Hall–Kier alpha value is -0.130. The van der Waals surface area contributed by atoms with Crippen LogP contribution in [0.15, 0.2) is 0 Å². The van der Waals surface area contributed by atoms with Crippen molar-refractivity contribution in [3.63, 3.8) is 0 Å². The summed E-state index contributed by atoms with van der Waals surface area (Å²) in [5, 5.41) is 0. The smallest absolute Gasteiger partial charge is 0.273 e. The highest BCUT2D eigenvalue weighted by atomic mass is 32.2. The van der Waals surface area contributed by atoms with Crippen LogP contribution in [-0.4, -0.2) is 18.5 Å². The summed E-state index contributed by atoms with van der Waals surface area (Å²) >= 11 is 0. The Morgan fingerprint density at radius 1 is 1.36 bits per heavy atom. The van der Waals surface area contributed by atoms with E-state index in [1.807, 2.05) is 13.8 Å². The van der Waals surface area contributed by atoms with Gasteiger partial charge in [-0.15, -0.1) is 0 Å². The van der Waals surface area contributed by atoms with Gasteiger partial charge >= 0.3 is 10.3 Å². The molecule has 0 heterocycles. The summed E-state index contributed by atoms with van der Waals surface area (Å²) in [6.45, 7) is 5.48. The molecule has 0 spiro atoms. The molecule has 0 aromatic heterocycles. The maximum atomic E-state index is 10.4. The van der Waals surface area contributed by atoms with E-state index in [1.54, 1.807) is 6.92 Å². The Bertz CT molecular complexity index is 206. The summed E-state index contributed by atoms with van der Waals surface area (Å²) in [6, 6.07) is 0. The summed E-state index contributed by atoms with van der Waals surface area (Å²) in [7, 11) is -4.06. The van der Waals surface area contributed by atoms with Gasteiger partial charge in [0.05, 0.1) is 0 Å². The summed E-state index contributed by atoms with van der Waals surface area (Å²) < 4.78 is 31.5. The molecule has 0 aliphatic rings. The van der Waals surface area contributed by atoms with Crippen LogP contribution < -0.4 is 4.72 Å². The lowest BCUT2D eigenvalue weighted by Crippen LogP contribution is -2.44. The maximum absolute atomic E-state index is 10.4. The summed E-state index contributed by atoms with van der Waals surface area (Å²) in [4.78, 5) is 0. The number of hydrogen-bond donors (Lipinski definition) is 2. The van der Waals surface area contributed by atoms with Crippen LogP contribution in [0.2, 0.25) is 0 Å². The Labute approximate surface area is 67.9 Å². The van der Waals surface area contributed by atoms with E-state index in [9.17, 15) is 8.42 Å². The van der Waals surface area contributed by atoms with Crippen molar-refractivity contribution in [1.82, 2.24) is 4.72 Å². The molecule has 5 heteroatoms. The molecule has 0 aromatic rings. The second-order valence-electron chi connectivity index (χ2n) is 2.84. The Balaban J connectivity index is 4.32. The molecule has 11 heavy (non-hydrogen) atoms. The molecule has 68 valence electrons. The van der Waals surface area contributed by atoms with Crippen molar-refractivity contribution in [1.29, 1.82) is 0 Å². The summed E-state index contributed by atoms with van der Waals surface area (Å²) in [5.41, 5.74) is -0.520. The second-order valence-corrected chi connectivity index (χ2v) is 4.00. The summed E-state index contributed by atoms with van der Waals surface area (Å²) in [5.74, 6) is 0. The zero-order valence-corrected chi connectivity index (χ0v) is 7.90. The molecule has 0 amide bonds. The van der Waals surface area contributed by atoms with Crippen molar-refractivity contribution in [3.05, 3.63) is 0 Å². The van der Waals surface area contributed by atoms with Gasteiger partial charge in [-0.3, -0.25) is 4.55 Å². The Kier molecular flexibility index (Phi) is 3.47. The van der Waals surface area contributed by atoms with Gasteiger partial charge in [-0.1, -0.05) is 13.8 Å². The van der Waals surface area contributed by atoms with Gasteiger partial charge in [-0.05, 0) is 19.8 Å². The molecule has 2 N–H and O–H groups in total. The fourth-order valence-electron chi connectivity index (χ4n) is 0.706. The van der Waals surface area contributed by atoms with Gasteiger partial charge < -0.3 is 0 Å². The predicted octanol–water partition coefficient (Wildman–Crippen LogP) is 0.958. The fourth-order valence-corrected chi connectivity index (χ4v) is 1.62. The first-order chi connectivity index (χ1) is 4.83. The Morgan fingerprint density at radius 3 is 1.82 bits per heavy atom. The third-order valence-electron chi connectivity index (χ3n) is 1.94. The minimum atomic E-state index is -4.06. The molecule has 0 saturated carbocycles. The van der Waals surface area contributed by atoms with Crippen molar-refractivity contribution in [2.45, 2.75) is 39.2 Å². The minimum Gasteiger partial charge on any atom is -0.273 e. The lowest BCUT2D eigenvalue weighted by atomic mass is 9.98. The molecule has 0 aliphatic heterocycles. The van der Waals surface area contributed by atoms with E-state index in [4.69, 9.17) is 4.55 Å². The molecule has 0 fully saturated rings. The highest BCUT2D eigenvalue weighted by molar-refractivity contribution is 7.83. The fraction of sp³-hybridized carbons (Fsp3) is 1.00. The number of hydrogen-bond acceptors (Lipinski definition) is 2. The lowest BCUT2D eigenvalue weighted by Gasteiger charge is -2.25. The first-order valence-electron chi connectivity index (χ1n) is 3.59. The van der Waals surface area contributed by atoms with Crippen molar-refractivity contribution in [2.75, 3.05) is 0 Å². The first kappa shape index (κ1) is 10.9. The topological polar surface area (TPSA) is 66.4 Å². The van der Waals surface area contributed by atoms with Crippen LogP contribution in [0, 0.1) is 0 Å². The van der Waals surface area contributed by atoms with Crippen molar-refractivity contribution in [2.24, 2.45) is 0 Å². The minimum absolute atomic E-state index is 0.520. The Morgan fingerprint density at radius 2 is 1.73 bits per heavy atom. The standard InChI is InChI=1S/C6H15NO3S/c1-4-6(3,5-2)7-11(8,9)10/h7H,4-5H2,1-3H3,(H,8,9,10). The largest absolute Gasteiger partial charge is 0.333 e. The van der Waals surface area contributed by atoms with Crippen LogP contribution in [-0.2, 0) is 10.3 Å². The van der Waals surface area contributed by atoms with E-state index < -0.39 is 15.8 Å². The van der Waals surface area contributed by atoms with Gasteiger partial charge in [0.1, 0.15) is 0 Å². The van der Waals surface area contributed by atoms with Crippen molar-refractivity contribution < 1.29 is 13.0 Å². The van der Waals surface area contributed by atoms with E-state index in [0.29, 0.717) is 12.8 Å². The molecule has 0 unspecified atom stereocenters. The van der Waals surface area contributed by atoms with Crippen LogP contribution in [0.1, 0.15) is 33.6 Å². The molecule has 0 radical (unpaired) electrons. The van der Waals surface area contributed by atoms with E-state index in [-0.39, 0.29) is 0 Å². The van der Waals surface area contributed by atoms with E-state index in [0.717, 1.165) is 0 Å². The van der Waals surface area contributed by atoms with E-state index >= 15 is 0 Å². The molecule has 0 atom stereocenters. The molecule has 0 bridgehead atoms. The van der Waals surface area contributed by atoms with Crippen LogP contribution in [0.3, 0.4) is 0 Å². The molecule has 4 nitrogen and oxygen atoms in total. The first-order valence-corrected chi connectivity index (χ1v) is 5.03. The molecule has 0 aromatic carbocycles. The molecular weight excluding hydrogens is 166 g/mol. The molecule has 0 rings (SSSR count). The zero-order valence-electron chi connectivity index (χ0n) is 7.09. The number of rotatable bonds is 4. The van der Waals surface area contributed by atoms with E-state index in [1.165, 1.54) is 0 Å². The summed E-state index contributed by atoms with van der Waals surface area (Å²) in [6.07, 6.45) is 1.31. The van der Waals surface area contributed by atoms with Crippen molar-refractivity contribution in [3.8, 4) is 0 Å². The number of nitrogens with one attached hydrogen (secondary N) is 1. The molecule has 0 aliphatic carbocycles. The zero-order chi connectivity index (χ0) is 9.12. The lowest BCUT2D eigenvalue weighted by molar-refractivity contribution is 0.362.